The lowest BCUT2D eigenvalue weighted by molar-refractivity contribution is -0.117. The molecule has 0 radical (unpaired) electrons. The van der Waals surface area contributed by atoms with Gasteiger partial charge in [-0.05, 0) is 30.1 Å². The van der Waals surface area contributed by atoms with Crippen molar-refractivity contribution in [3.05, 3.63) is 24.3 Å². The molecule has 0 aromatic heterocycles. The summed E-state index contributed by atoms with van der Waals surface area (Å²) >= 11 is 0. The third kappa shape index (κ3) is 2.49. The fraction of sp³-hybridized carbons (Fsp3) is 0.364. The van der Waals surface area contributed by atoms with Crippen LogP contribution in [0.5, 0.6) is 0 Å². The van der Waals surface area contributed by atoms with Gasteiger partial charge in [0, 0.05) is 18.7 Å². The first kappa shape index (κ1) is 12.1. The fourth-order valence-corrected chi connectivity index (χ4v) is 2.04. The van der Waals surface area contributed by atoms with Crippen molar-refractivity contribution in [3.8, 4) is 0 Å². The van der Waals surface area contributed by atoms with Crippen molar-refractivity contribution in [2.75, 3.05) is 18.0 Å². The molecule has 0 saturated carbocycles. The molecule has 0 bridgehead atoms. The Hall–Kier alpha value is -1.37. The van der Waals surface area contributed by atoms with Crippen molar-refractivity contribution < 1.29 is 14.8 Å². The number of anilines is 1. The van der Waals surface area contributed by atoms with Crippen LogP contribution in [0.25, 0.3) is 0 Å². The molecule has 0 spiro atoms. The van der Waals surface area contributed by atoms with Gasteiger partial charge in [0.2, 0.25) is 5.91 Å². The molecule has 6 heteroatoms. The van der Waals surface area contributed by atoms with Gasteiger partial charge < -0.3 is 20.7 Å². The Morgan fingerprint density at radius 1 is 1.47 bits per heavy atom. The number of hydrogen-bond acceptors (Lipinski definition) is 4. The van der Waals surface area contributed by atoms with Crippen molar-refractivity contribution in [1.29, 1.82) is 0 Å². The summed E-state index contributed by atoms with van der Waals surface area (Å²) in [5.41, 5.74) is 6.63. The standard InChI is InChI=1S/C11H15BN2O3/c13-6-8-4-11(15)14(7-8)10-3-1-2-9(5-10)12(16)17/h1-3,5,8,16-17H,4,6-7,13H2. The number of carbonyl (C=O) groups excluding carboxylic acids is 1. The molecule has 1 fully saturated rings. The van der Waals surface area contributed by atoms with E-state index in [1.54, 1.807) is 29.2 Å². The highest BCUT2D eigenvalue weighted by atomic mass is 16.4. The summed E-state index contributed by atoms with van der Waals surface area (Å²) in [5.74, 6) is 0.218. The van der Waals surface area contributed by atoms with Gasteiger partial charge in [-0.25, -0.2) is 0 Å². The van der Waals surface area contributed by atoms with Crippen molar-refractivity contribution in [2.24, 2.45) is 11.7 Å². The monoisotopic (exact) mass is 234 g/mol. The van der Waals surface area contributed by atoms with E-state index in [2.05, 4.69) is 0 Å². The molecular formula is C11H15BN2O3. The Balaban J connectivity index is 2.22. The van der Waals surface area contributed by atoms with Crippen LogP contribution in [0, 0.1) is 5.92 Å². The third-order valence-electron chi connectivity index (χ3n) is 3.02. The molecule has 90 valence electrons. The Morgan fingerprint density at radius 2 is 2.24 bits per heavy atom. The van der Waals surface area contributed by atoms with Gasteiger partial charge >= 0.3 is 7.12 Å². The Kier molecular flexibility index (Phi) is 3.47. The first-order valence-electron chi connectivity index (χ1n) is 5.58. The number of amides is 1. The summed E-state index contributed by atoms with van der Waals surface area (Å²) in [4.78, 5) is 13.4. The minimum absolute atomic E-state index is 0.0324. The van der Waals surface area contributed by atoms with Gasteiger partial charge in [-0.1, -0.05) is 12.1 Å². The van der Waals surface area contributed by atoms with E-state index in [-0.39, 0.29) is 11.8 Å². The topological polar surface area (TPSA) is 86.8 Å². The van der Waals surface area contributed by atoms with Crippen molar-refractivity contribution in [2.45, 2.75) is 6.42 Å². The number of rotatable bonds is 3. The van der Waals surface area contributed by atoms with E-state index in [0.717, 1.165) is 0 Å². The Morgan fingerprint density at radius 3 is 2.82 bits per heavy atom. The summed E-state index contributed by atoms with van der Waals surface area (Å²) in [5, 5.41) is 18.2. The van der Waals surface area contributed by atoms with Crippen LogP contribution in [-0.4, -0.2) is 36.2 Å². The average Bonchev–Trinajstić information content (AvgIpc) is 2.71. The summed E-state index contributed by atoms with van der Waals surface area (Å²) in [6.45, 7) is 1.09. The molecule has 1 amide bonds. The second-order valence-corrected chi connectivity index (χ2v) is 4.28. The minimum atomic E-state index is -1.52. The third-order valence-corrected chi connectivity index (χ3v) is 3.02. The zero-order valence-corrected chi connectivity index (χ0v) is 9.41. The number of hydrogen-bond donors (Lipinski definition) is 3. The maximum absolute atomic E-state index is 11.8. The van der Waals surface area contributed by atoms with Crippen molar-refractivity contribution in [3.63, 3.8) is 0 Å². The first-order valence-corrected chi connectivity index (χ1v) is 5.58. The molecule has 1 unspecified atom stereocenters. The molecule has 1 atom stereocenters. The van der Waals surface area contributed by atoms with Gasteiger partial charge in [-0.3, -0.25) is 4.79 Å². The van der Waals surface area contributed by atoms with Gasteiger partial charge in [-0.2, -0.15) is 0 Å². The lowest BCUT2D eigenvalue weighted by Gasteiger charge is -2.17. The van der Waals surface area contributed by atoms with Crippen LogP contribution in [0.2, 0.25) is 0 Å². The van der Waals surface area contributed by atoms with E-state index in [9.17, 15) is 4.79 Å². The Bertz CT molecular complexity index is 425. The molecule has 17 heavy (non-hydrogen) atoms. The fourth-order valence-electron chi connectivity index (χ4n) is 2.04. The molecule has 1 aromatic rings. The van der Waals surface area contributed by atoms with E-state index < -0.39 is 7.12 Å². The SMILES string of the molecule is NCC1CC(=O)N(c2cccc(B(O)O)c2)C1. The molecule has 5 nitrogen and oxygen atoms in total. The van der Waals surface area contributed by atoms with Crippen LogP contribution in [0.4, 0.5) is 5.69 Å². The van der Waals surface area contributed by atoms with Crippen LogP contribution in [0.15, 0.2) is 24.3 Å². The van der Waals surface area contributed by atoms with Gasteiger partial charge in [0.25, 0.3) is 0 Å². The maximum Gasteiger partial charge on any atom is 0.488 e. The highest BCUT2D eigenvalue weighted by Crippen LogP contribution is 2.23. The molecule has 1 aromatic carbocycles. The zero-order chi connectivity index (χ0) is 12.4. The van der Waals surface area contributed by atoms with Crippen LogP contribution in [0.3, 0.4) is 0 Å². The van der Waals surface area contributed by atoms with Crippen LogP contribution >= 0.6 is 0 Å². The van der Waals surface area contributed by atoms with Crippen LogP contribution in [-0.2, 0) is 4.79 Å². The van der Waals surface area contributed by atoms with Crippen molar-refractivity contribution >= 4 is 24.2 Å². The molecule has 1 aliphatic heterocycles. The van der Waals surface area contributed by atoms with E-state index in [4.69, 9.17) is 15.8 Å². The summed E-state index contributed by atoms with van der Waals surface area (Å²) < 4.78 is 0. The number of nitrogens with zero attached hydrogens (tertiary/aromatic N) is 1. The zero-order valence-electron chi connectivity index (χ0n) is 9.41. The predicted molar refractivity (Wildman–Crippen MR) is 65.8 cm³/mol. The number of benzene rings is 1. The second-order valence-electron chi connectivity index (χ2n) is 4.28. The quantitative estimate of drug-likeness (QED) is 0.566. The van der Waals surface area contributed by atoms with Crippen LogP contribution in [0.1, 0.15) is 6.42 Å². The molecule has 1 saturated heterocycles. The summed E-state index contributed by atoms with van der Waals surface area (Å²) in [7, 11) is -1.52. The van der Waals surface area contributed by atoms with E-state index in [1.807, 2.05) is 0 Å². The molecule has 1 aliphatic rings. The van der Waals surface area contributed by atoms with Gasteiger partial charge in [0.1, 0.15) is 0 Å². The van der Waals surface area contributed by atoms with Gasteiger partial charge in [0.05, 0.1) is 0 Å². The number of carbonyl (C=O) groups is 1. The lowest BCUT2D eigenvalue weighted by Crippen LogP contribution is -2.32. The highest BCUT2D eigenvalue weighted by molar-refractivity contribution is 6.58. The maximum atomic E-state index is 11.8. The van der Waals surface area contributed by atoms with E-state index >= 15 is 0 Å². The smallest absolute Gasteiger partial charge is 0.423 e. The van der Waals surface area contributed by atoms with Gasteiger partial charge in [-0.15, -0.1) is 0 Å². The number of nitrogens with two attached hydrogens (primary N) is 1. The second kappa shape index (κ2) is 4.87. The normalized spacial score (nSPS) is 19.8. The summed E-state index contributed by atoms with van der Waals surface area (Å²) in [6.07, 6.45) is 0.461. The first-order chi connectivity index (χ1) is 8.11. The van der Waals surface area contributed by atoms with Crippen molar-refractivity contribution in [1.82, 2.24) is 0 Å². The highest BCUT2D eigenvalue weighted by Gasteiger charge is 2.29. The van der Waals surface area contributed by atoms with E-state index in [1.165, 1.54) is 0 Å². The largest absolute Gasteiger partial charge is 0.488 e. The molecule has 1 heterocycles. The lowest BCUT2D eigenvalue weighted by atomic mass is 9.80. The molecular weight excluding hydrogens is 219 g/mol. The average molecular weight is 234 g/mol. The predicted octanol–water partition coefficient (Wildman–Crippen LogP) is -1.32. The Labute approximate surface area is 100.0 Å². The van der Waals surface area contributed by atoms with E-state index in [0.29, 0.717) is 30.7 Å². The summed E-state index contributed by atoms with van der Waals surface area (Å²) in [6, 6.07) is 6.70. The van der Waals surface area contributed by atoms with Crippen LogP contribution < -0.4 is 16.1 Å². The van der Waals surface area contributed by atoms with Gasteiger partial charge in [0.15, 0.2) is 0 Å². The molecule has 2 rings (SSSR count). The molecule has 0 aliphatic carbocycles. The minimum Gasteiger partial charge on any atom is -0.423 e. The molecule has 4 N–H and O–H groups in total.